The molecule has 3 aromatic carbocycles. The number of nitrogens with zero attached hydrogens (tertiary/aromatic N) is 1. The standard InChI is InChI=1S/C41H46N2O11/c1-23-8-7-11-26(44)10-6-4-5-9-25-16-31(45)36(37(47)35(25)41(48)54-23)28(24-12-13-32-33(17-24)51-21-50-32)18-34(46)42-19-29-27-14-15-43(2)20-30(27)38(49-3)40-39(29)52-22-53-40/h5,9,12-13,16-17,23,28,45,47H,4,6-8,10-11,14-15,18-22H2,1-3H3,(H,42,46)/t23-,28?/m0/s1. The number of phenols is 2. The Balaban J connectivity index is 1.24. The van der Waals surface area contributed by atoms with E-state index in [2.05, 4.69) is 10.2 Å². The molecule has 0 radical (unpaired) electrons. The Labute approximate surface area is 313 Å². The zero-order valence-electron chi connectivity index (χ0n) is 30.8. The summed E-state index contributed by atoms with van der Waals surface area (Å²) in [5.74, 6) is -0.0509. The van der Waals surface area contributed by atoms with Crippen LogP contribution in [-0.2, 0) is 33.8 Å². The molecule has 4 aliphatic heterocycles. The summed E-state index contributed by atoms with van der Waals surface area (Å²) in [7, 11) is 3.64. The Morgan fingerprint density at radius 3 is 2.61 bits per heavy atom. The van der Waals surface area contributed by atoms with Crippen LogP contribution >= 0.6 is 0 Å². The summed E-state index contributed by atoms with van der Waals surface area (Å²) in [6, 6.07) is 6.57. The molecule has 1 amide bonds. The van der Waals surface area contributed by atoms with Gasteiger partial charge in [0, 0.05) is 61.5 Å². The first kappa shape index (κ1) is 36.9. The van der Waals surface area contributed by atoms with Crippen LogP contribution in [0.25, 0.3) is 6.08 Å². The van der Waals surface area contributed by atoms with E-state index >= 15 is 0 Å². The third-order valence-corrected chi connectivity index (χ3v) is 10.5. The Morgan fingerprint density at radius 2 is 1.78 bits per heavy atom. The van der Waals surface area contributed by atoms with Crippen molar-refractivity contribution in [2.24, 2.45) is 0 Å². The molecule has 1 unspecified atom stereocenters. The number of phenolic OH excluding ortho intramolecular Hbond substituents is 2. The molecule has 3 aromatic rings. The number of rotatable bonds is 7. The fourth-order valence-electron chi connectivity index (χ4n) is 7.77. The number of hydrogen-bond donors (Lipinski definition) is 3. The van der Waals surface area contributed by atoms with Gasteiger partial charge in [-0.15, -0.1) is 0 Å². The first-order valence-electron chi connectivity index (χ1n) is 18.5. The minimum atomic E-state index is -0.929. The lowest BCUT2D eigenvalue weighted by atomic mass is 9.84. The molecule has 7 rings (SSSR count). The van der Waals surface area contributed by atoms with E-state index in [0.29, 0.717) is 79.4 Å². The van der Waals surface area contributed by atoms with E-state index in [1.54, 1.807) is 44.4 Å². The fraction of sp³-hybridized carbons (Fsp3) is 0.439. The van der Waals surface area contributed by atoms with Crippen molar-refractivity contribution in [3.05, 3.63) is 69.3 Å². The Bertz CT molecular complexity index is 1990. The number of ether oxygens (including phenoxy) is 6. The van der Waals surface area contributed by atoms with Gasteiger partial charge in [-0.1, -0.05) is 18.2 Å². The molecule has 13 nitrogen and oxygen atoms in total. The van der Waals surface area contributed by atoms with Gasteiger partial charge < -0.3 is 48.9 Å². The molecule has 13 heteroatoms. The van der Waals surface area contributed by atoms with Gasteiger partial charge in [-0.3, -0.25) is 9.59 Å². The van der Waals surface area contributed by atoms with Crippen molar-refractivity contribution in [1.29, 1.82) is 0 Å². The monoisotopic (exact) mass is 742 g/mol. The lowest BCUT2D eigenvalue weighted by molar-refractivity contribution is -0.121. The van der Waals surface area contributed by atoms with Crippen LogP contribution in [0.3, 0.4) is 0 Å². The highest BCUT2D eigenvalue weighted by molar-refractivity contribution is 5.98. The Hall–Kier alpha value is -5.43. The largest absolute Gasteiger partial charge is 0.507 e. The molecule has 54 heavy (non-hydrogen) atoms. The summed E-state index contributed by atoms with van der Waals surface area (Å²) in [6.07, 6.45) is 6.53. The number of aromatic hydroxyl groups is 2. The number of Topliss-reactive ketones (excluding diaryl/α,β-unsaturated/α-hetero) is 1. The van der Waals surface area contributed by atoms with Gasteiger partial charge in [-0.05, 0) is 81.0 Å². The molecule has 0 saturated carbocycles. The highest BCUT2D eigenvalue weighted by Gasteiger charge is 2.34. The number of nitrogens with one attached hydrogen (secondary N) is 1. The second kappa shape index (κ2) is 15.9. The number of likely N-dealkylation sites (N-methyl/N-ethyl adjacent to an activating group) is 1. The predicted octanol–water partition coefficient (Wildman–Crippen LogP) is 5.87. The summed E-state index contributed by atoms with van der Waals surface area (Å²) in [6.45, 7) is 3.40. The van der Waals surface area contributed by atoms with Gasteiger partial charge in [-0.25, -0.2) is 4.79 Å². The van der Waals surface area contributed by atoms with Gasteiger partial charge in [0.15, 0.2) is 23.0 Å². The highest BCUT2D eigenvalue weighted by Crippen LogP contribution is 2.50. The number of carbonyl (C=O) groups excluding carboxylic acids is 3. The van der Waals surface area contributed by atoms with Crippen LogP contribution < -0.4 is 29.0 Å². The molecular formula is C41H46N2O11. The van der Waals surface area contributed by atoms with Gasteiger partial charge >= 0.3 is 5.97 Å². The Morgan fingerprint density at radius 1 is 1.00 bits per heavy atom. The van der Waals surface area contributed by atoms with Gasteiger partial charge in [0.2, 0.25) is 25.2 Å². The van der Waals surface area contributed by atoms with Crippen LogP contribution in [0.15, 0.2) is 30.3 Å². The maximum atomic E-state index is 14.0. The average Bonchev–Trinajstić information content (AvgIpc) is 3.82. The van der Waals surface area contributed by atoms with Crippen LogP contribution in [0.2, 0.25) is 0 Å². The summed E-state index contributed by atoms with van der Waals surface area (Å²) >= 11 is 0. The lowest BCUT2D eigenvalue weighted by Crippen LogP contribution is -2.30. The number of carbonyl (C=O) groups is 3. The summed E-state index contributed by atoms with van der Waals surface area (Å²) < 4.78 is 34.4. The van der Waals surface area contributed by atoms with Gasteiger partial charge in [-0.2, -0.15) is 0 Å². The first-order chi connectivity index (χ1) is 26.1. The minimum absolute atomic E-state index is 0.00466. The number of allylic oxidation sites excluding steroid dienone is 1. The van der Waals surface area contributed by atoms with Gasteiger partial charge in [0.1, 0.15) is 22.8 Å². The van der Waals surface area contributed by atoms with Crippen molar-refractivity contribution in [3.63, 3.8) is 0 Å². The molecule has 4 aliphatic rings. The summed E-state index contributed by atoms with van der Waals surface area (Å²) in [5.41, 5.74) is 3.52. The molecule has 3 N–H and O–H groups in total. The molecule has 0 aromatic heterocycles. The van der Waals surface area contributed by atoms with Crippen LogP contribution in [0.5, 0.6) is 40.2 Å². The van der Waals surface area contributed by atoms with Crippen molar-refractivity contribution < 1.29 is 53.0 Å². The number of ketones is 1. The number of cyclic esters (lactones) is 1. The van der Waals surface area contributed by atoms with Crippen LogP contribution in [-0.4, -0.2) is 73.2 Å². The smallest absolute Gasteiger partial charge is 0.342 e. The van der Waals surface area contributed by atoms with Crippen molar-refractivity contribution in [2.45, 2.75) is 83.4 Å². The lowest BCUT2D eigenvalue weighted by Gasteiger charge is -2.29. The Kier molecular flexibility index (Phi) is 10.9. The quantitative estimate of drug-likeness (QED) is 0.247. The van der Waals surface area contributed by atoms with E-state index in [9.17, 15) is 24.6 Å². The topological polar surface area (TPSA) is 162 Å². The summed E-state index contributed by atoms with van der Waals surface area (Å²) in [4.78, 5) is 42.3. The molecular weight excluding hydrogens is 696 g/mol. The van der Waals surface area contributed by atoms with Crippen molar-refractivity contribution in [1.82, 2.24) is 10.2 Å². The van der Waals surface area contributed by atoms with Crippen LogP contribution in [0.4, 0.5) is 0 Å². The SMILES string of the molecule is COc1c2c(c(CNC(=O)CC(c3ccc4c(c3)OCO4)c3c(O)cc4c(c3O)C(=O)O[C@@H](C)CCCC(=O)CCCC=C4)c3c1OCO3)CCN(C)C2. The van der Waals surface area contributed by atoms with Crippen molar-refractivity contribution in [2.75, 3.05) is 34.3 Å². The van der Waals surface area contributed by atoms with E-state index in [0.717, 1.165) is 29.7 Å². The zero-order valence-corrected chi connectivity index (χ0v) is 30.8. The first-order valence-corrected chi connectivity index (χ1v) is 18.5. The number of amides is 1. The molecule has 0 saturated heterocycles. The number of hydrogen-bond acceptors (Lipinski definition) is 12. The third kappa shape index (κ3) is 7.50. The second-order valence-corrected chi connectivity index (χ2v) is 14.2. The molecule has 2 atom stereocenters. The molecule has 0 aliphatic carbocycles. The third-order valence-electron chi connectivity index (χ3n) is 10.5. The van der Waals surface area contributed by atoms with E-state index in [1.165, 1.54) is 6.07 Å². The van der Waals surface area contributed by atoms with Gasteiger partial charge in [0.05, 0.1) is 13.2 Å². The van der Waals surface area contributed by atoms with Crippen LogP contribution in [0, 0.1) is 0 Å². The maximum Gasteiger partial charge on any atom is 0.342 e. The second-order valence-electron chi connectivity index (χ2n) is 14.2. The normalized spacial score (nSPS) is 19.0. The van der Waals surface area contributed by atoms with E-state index in [-0.39, 0.29) is 60.7 Å². The number of fused-ring (bicyclic) bond motifs is 4. The number of benzene rings is 3. The maximum absolute atomic E-state index is 14.0. The zero-order chi connectivity index (χ0) is 37.9. The average molecular weight is 743 g/mol. The van der Waals surface area contributed by atoms with E-state index in [4.69, 9.17) is 28.4 Å². The van der Waals surface area contributed by atoms with Crippen molar-refractivity contribution >= 4 is 23.7 Å². The molecule has 0 bridgehead atoms. The molecule has 286 valence electrons. The molecule has 0 spiro atoms. The highest BCUT2D eigenvalue weighted by atomic mass is 16.7. The predicted molar refractivity (Wildman–Crippen MR) is 196 cm³/mol. The van der Waals surface area contributed by atoms with E-state index < -0.39 is 23.7 Å². The fourth-order valence-corrected chi connectivity index (χ4v) is 7.77. The molecule has 4 heterocycles. The van der Waals surface area contributed by atoms with E-state index in [1.807, 2.05) is 7.05 Å². The van der Waals surface area contributed by atoms with Gasteiger partial charge in [0.25, 0.3) is 0 Å². The van der Waals surface area contributed by atoms with Crippen LogP contribution in [0.1, 0.15) is 102 Å². The summed E-state index contributed by atoms with van der Waals surface area (Å²) in [5, 5.41) is 26.7. The molecule has 0 fully saturated rings. The minimum Gasteiger partial charge on any atom is -0.507 e. The number of esters is 1. The van der Waals surface area contributed by atoms with Crippen molar-refractivity contribution in [3.8, 4) is 40.2 Å². The number of methoxy groups -OCH3 is 1.